The van der Waals surface area contributed by atoms with Gasteiger partial charge in [0.15, 0.2) is 5.96 Å². The van der Waals surface area contributed by atoms with Crippen LogP contribution in [0.15, 0.2) is 29.3 Å². The van der Waals surface area contributed by atoms with Crippen molar-refractivity contribution in [3.8, 4) is 0 Å². The van der Waals surface area contributed by atoms with Gasteiger partial charge in [0.05, 0.1) is 5.60 Å². The van der Waals surface area contributed by atoms with Crippen LogP contribution in [-0.4, -0.2) is 38.3 Å². The van der Waals surface area contributed by atoms with E-state index in [1.807, 2.05) is 18.2 Å². The van der Waals surface area contributed by atoms with Crippen LogP contribution < -0.4 is 10.6 Å². The summed E-state index contributed by atoms with van der Waals surface area (Å²) in [7, 11) is 1.78. The molecule has 0 aliphatic carbocycles. The lowest BCUT2D eigenvalue weighted by atomic mass is 10.0. The fraction of sp³-hybridized carbons (Fsp3) is 0.562. The number of aliphatic imine (C=N–C) groups is 1. The number of benzene rings is 1. The molecule has 5 heteroatoms. The summed E-state index contributed by atoms with van der Waals surface area (Å²) in [5, 5.41) is 7.44. The van der Waals surface area contributed by atoms with Gasteiger partial charge in [-0.15, -0.1) is 0 Å². The molecule has 1 atom stereocenters. The molecule has 1 aliphatic rings. The third kappa shape index (κ3) is 5.21. The molecule has 0 saturated carbocycles. The number of rotatable bonds is 5. The molecule has 1 aromatic rings. The Hall–Kier alpha value is -1.26. The fourth-order valence-electron chi connectivity index (χ4n) is 2.49. The molecule has 0 bridgehead atoms. The highest BCUT2D eigenvalue weighted by atomic mass is 35.5. The fourth-order valence-corrected chi connectivity index (χ4v) is 2.70. The molecule has 2 N–H and O–H groups in total. The Bertz CT molecular complexity index is 484. The van der Waals surface area contributed by atoms with Gasteiger partial charge in [-0.05, 0) is 43.9 Å². The van der Waals surface area contributed by atoms with Crippen LogP contribution in [0.2, 0.25) is 5.02 Å². The minimum Gasteiger partial charge on any atom is -0.373 e. The van der Waals surface area contributed by atoms with Crippen molar-refractivity contribution in [3.63, 3.8) is 0 Å². The zero-order valence-corrected chi connectivity index (χ0v) is 13.5. The summed E-state index contributed by atoms with van der Waals surface area (Å²) in [5.74, 6) is 0.814. The van der Waals surface area contributed by atoms with E-state index in [1.54, 1.807) is 7.05 Å². The van der Waals surface area contributed by atoms with Crippen LogP contribution in [0.1, 0.15) is 25.3 Å². The van der Waals surface area contributed by atoms with E-state index < -0.39 is 0 Å². The highest BCUT2D eigenvalue weighted by Gasteiger charge is 2.29. The Balaban J connectivity index is 1.73. The SMILES string of the molecule is CN=C(NCCc1cccc(Cl)c1)NCC1(C)CCCO1. The lowest BCUT2D eigenvalue weighted by Crippen LogP contribution is -2.45. The van der Waals surface area contributed by atoms with Crippen LogP contribution >= 0.6 is 11.6 Å². The molecule has 0 spiro atoms. The van der Waals surface area contributed by atoms with Crippen molar-refractivity contribution >= 4 is 17.6 Å². The lowest BCUT2D eigenvalue weighted by Gasteiger charge is -2.24. The largest absolute Gasteiger partial charge is 0.373 e. The third-order valence-corrected chi connectivity index (χ3v) is 3.98. The Morgan fingerprint density at radius 1 is 1.43 bits per heavy atom. The summed E-state index contributed by atoms with van der Waals surface area (Å²) in [5.41, 5.74) is 1.15. The standard InChI is InChI=1S/C16H24ClN3O/c1-16(8-4-10-21-16)12-20-15(18-2)19-9-7-13-5-3-6-14(17)11-13/h3,5-6,11H,4,7-10,12H2,1-2H3,(H2,18,19,20). The summed E-state index contributed by atoms with van der Waals surface area (Å²) < 4.78 is 5.76. The first kappa shape index (κ1) is 16.1. The highest BCUT2D eigenvalue weighted by molar-refractivity contribution is 6.30. The third-order valence-electron chi connectivity index (χ3n) is 3.75. The minimum absolute atomic E-state index is 0.0649. The van der Waals surface area contributed by atoms with Gasteiger partial charge in [0.1, 0.15) is 0 Å². The zero-order chi connectivity index (χ0) is 15.1. The van der Waals surface area contributed by atoms with Gasteiger partial charge in [-0.3, -0.25) is 4.99 Å². The Morgan fingerprint density at radius 3 is 2.95 bits per heavy atom. The van der Waals surface area contributed by atoms with E-state index in [9.17, 15) is 0 Å². The van der Waals surface area contributed by atoms with Gasteiger partial charge in [0.2, 0.25) is 0 Å². The van der Waals surface area contributed by atoms with Crippen molar-refractivity contribution in [2.24, 2.45) is 4.99 Å². The molecule has 1 fully saturated rings. The summed E-state index contributed by atoms with van der Waals surface area (Å²) >= 11 is 5.98. The molecule has 1 saturated heterocycles. The number of nitrogens with zero attached hydrogens (tertiary/aromatic N) is 1. The highest BCUT2D eigenvalue weighted by Crippen LogP contribution is 2.23. The van der Waals surface area contributed by atoms with E-state index >= 15 is 0 Å². The molecule has 0 radical (unpaired) electrons. The van der Waals surface area contributed by atoms with Gasteiger partial charge >= 0.3 is 0 Å². The first-order valence-corrected chi connectivity index (χ1v) is 7.82. The molecule has 21 heavy (non-hydrogen) atoms. The van der Waals surface area contributed by atoms with E-state index in [0.29, 0.717) is 0 Å². The van der Waals surface area contributed by atoms with Crippen molar-refractivity contribution in [3.05, 3.63) is 34.9 Å². The van der Waals surface area contributed by atoms with Crippen LogP contribution in [0.3, 0.4) is 0 Å². The summed E-state index contributed by atoms with van der Waals surface area (Å²) in [6, 6.07) is 7.94. The molecule has 0 amide bonds. The molecular weight excluding hydrogens is 286 g/mol. The number of hydrogen-bond acceptors (Lipinski definition) is 2. The van der Waals surface area contributed by atoms with Crippen molar-refractivity contribution in [1.82, 2.24) is 10.6 Å². The summed E-state index contributed by atoms with van der Waals surface area (Å²) in [6.45, 7) is 4.60. The van der Waals surface area contributed by atoms with Crippen LogP contribution in [0.25, 0.3) is 0 Å². The van der Waals surface area contributed by atoms with Crippen molar-refractivity contribution in [2.75, 3.05) is 26.7 Å². The zero-order valence-electron chi connectivity index (χ0n) is 12.8. The van der Waals surface area contributed by atoms with Crippen LogP contribution in [-0.2, 0) is 11.2 Å². The van der Waals surface area contributed by atoms with Crippen molar-refractivity contribution < 1.29 is 4.74 Å². The normalized spacial score (nSPS) is 22.3. The predicted molar refractivity (Wildman–Crippen MR) is 88.1 cm³/mol. The van der Waals surface area contributed by atoms with Crippen LogP contribution in [0, 0.1) is 0 Å². The lowest BCUT2D eigenvalue weighted by molar-refractivity contribution is 0.0243. The molecule has 1 heterocycles. The van der Waals surface area contributed by atoms with E-state index in [-0.39, 0.29) is 5.60 Å². The number of guanidine groups is 1. The number of nitrogens with one attached hydrogen (secondary N) is 2. The van der Waals surface area contributed by atoms with Crippen LogP contribution in [0.4, 0.5) is 0 Å². The number of ether oxygens (including phenoxy) is 1. The molecule has 1 aromatic carbocycles. The molecule has 4 nitrogen and oxygen atoms in total. The Kier molecular flexibility index (Phi) is 5.88. The molecule has 2 rings (SSSR count). The maximum atomic E-state index is 5.98. The maximum Gasteiger partial charge on any atom is 0.191 e. The molecule has 1 aliphatic heterocycles. The Labute approximate surface area is 131 Å². The first-order valence-electron chi connectivity index (χ1n) is 7.44. The second-order valence-electron chi connectivity index (χ2n) is 5.63. The number of halogens is 1. The first-order chi connectivity index (χ1) is 10.1. The molecular formula is C16H24ClN3O. The molecule has 1 unspecified atom stereocenters. The second kappa shape index (κ2) is 7.66. The van der Waals surface area contributed by atoms with E-state index in [4.69, 9.17) is 16.3 Å². The summed E-state index contributed by atoms with van der Waals surface area (Å²) in [4.78, 5) is 4.24. The second-order valence-corrected chi connectivity index (χ2v) is 6.07. The van der Waals surface area contributed by atoms with Gasteiger partial charge in [-0.1, -0.05) is 23.7 Å². The topological polar surface area (TPSA) is 45.7 Å². The quantitative estimate of drug-likeness (QED) is 0.649. The van der Waals surface area contributed by atoms with E-state index in [0.717, 1.165) is 49.9 Å². The van der Waals surface area contributed by atoms with Crippen molar-refractivity contribution in [2.45, 2.75) is 31.8 Å². The maximum absolute atomic E-state index is 5.98. The van der Waals surface area contributed by atoms with E-state index in [2.05, 4.69) is 28.6 Å². The van der Waals surface area contributed by atoms with Gasteiger partial charge in [-0.2, -0.15) is 0 Å². The molecule has 116 valence electrons. The Morgan fingerprint density at radius 2 is 2.29 bits per heavy atom. The van der Waals surface area contributed by atoms with Crippen molar-refractivity contribution in [1.29, 1.82) is 0 Å². The summed E-state index contributed by atoms with van der Waals surface area (Å²) in [6.07, 6.45) is 3.15. The molecule has 0 aromatic heterocycles. The van der Waals surface area contributed by atoms with Crippen LogP contribution in [0.5, 0.6) is 0 Å². The van der Waals surface area contributed by atoms with E-state index in [1.165, 1.54) is 5.56 Å². The average Bonchev–Trinajstić information content (AvgIpc) is 2.90. The monoisotopic (exact) mass is 309 g/mol. The van der Waals surface area contributed by atoms with Gasteiger partial charge < -0.3 is 15.4 Å². The minimum atomic E-state index is -0.0649. The predicted octanol–water partition coefficient (Wildman–Crippen LogP) is 2.62. The van der Waals surface area contributed by atoms with Gasteiger partial charge in [-0.25, -0.2) is 0 Å². The van der Waals surface area contributed by atoms with Gasteiger partial charge in [0, 0.05) is 31.8 Å². The van der Waals surface area contributed by atoms with Gasteiger partial charge in [0.25, 0.3) is 0 Å². The smallest absolute Gasteiger partial charge is 0.191 e. The number of hydrogen-bond donors (Lipinski definition) is 2. The average molecular weight is 310 g/mol.